The Kier molecular flexibility index (Phi) is 5.52. The molecule has 0 aromatic rings. The highest BCUT2D eigenvalue weighted by Crippen LogP contribution is 2.29. The van der Waals surface area contributed by atoms with Crippen LogP contribution in [0.4, 0.5) is 0 Å². The first-order chi connectivity index (χ1) is 9.60. The smallest absolute Gasteiger partial charge is 0.250 e. The molecule has 4 N–H and O–H groups in total. The third-order valence-electron chi connectivity index (χ3n) is 4.22. The van der Waals surface area contributed by atoms with Crippen molar-refractivity contribution in [3.05, 3.63) is 0 Å². The second-order valence-electron chi connectivity index (χ2n) is 7.27. The van der Waals surface area contributed by atoms with E-state index in [1.54, 1.807) is 0 Å². The Morgan fingerprint density at radius 2 is 1.90 bits per heavy atom. The summed E-state index contributed by atoms with van der Waals surface area (Å²) < 4.78 is 0. The number of piperidine rings is 1. The van der Waals surface area contributed by atoms with Gasteiger partial charge in [0, 0.05) is 29.6 Å². The van der Waals surface area contributed by atoms with Crippen LogP contribution in [-0.2, 0) is 4.79 Å². The molecule has 1 aliphatic heterocycles. The van der Waals surface area contributed by atoms with Gasteiger partial charge in [-0.25, -0.2) is 5.43 Å². The molecule has 0 unspecified atom stereocenters. The first-order valence-corrected chi connectivity index (χ1v) is 7.47. The van der Waals surface area contributed by atoms with Crippen molar-refractivity contribution in [2.24, 2.45) is 10.5 Å². The predicted molar refractivity (Wildman–Crippen MR) is 83.0 cm³/mol. The van der Waals surface area contributed by atoms with Crippen molar-refractivity contribution in [3.8, 4) is 0 Å². The fourth-order valence-corrected chi connectivity index (χ4v) is 2.68. The molecule has 1 rings (SSSR count). The fourth-order valence-electron chi connectivity index (χ4n) is 2.68. The summed E-state index contributed by atoms with van der Waals surface area (Å²) in [5.74, 6) is -0.463. The average Bonchev–Trinajstić information content (AvgIpc) is 2.41. The standard InChI is InChI=1S/C15H29N3O3/c1-6-15(5)8-11(7-13(2,3)18-15)16-17-12(21)14(4,9-19)10-20/h18-20H,6-10H2,1-5H3,(H,17,21)/b16-11-/t15-/m1/s1. The molecule has 21 heavy (non-hydrogen) atoms. The van der Waals surface area contributed by atoms with Gasteiger partial charge < -0.3 is 15.5 Å². The maximum Gasteiger partial charge on any atom is 0.250 e. The molecule has 1 saturated heterocycles. The van der Waals surface area contributed by atoms with Gasteiger partial charge in [0.15, 0.2) is 0 Å². The molecule has 1 atom stereocenters. The van der Waals surface area contributed by atoms with Crippen LogP contribution >= 0.6 is 0 Å². The highest BCUT2D eigenvalue weighted by Gasteiger charge is 2.38. The average molecular weight is 299 g/mol. The van der Waals surface area contributed by atoms with Crippen molar-refractivity contribution < 1.29 is 15.0 Å². The molecule has 1 amide bonds. The molecule has 6 heteroatoms. The minimum absolute atomic E-state index is 0.0391. The van der Waals surface area contributed by atoms with E-state index in [9.17, 15) is 15.0 Å². The van der Waals surface area contributed by atoms with Crippen LogP contribution in [0, 0.1) is 5.41 Å². The number of carbonyl (C=O) groups is 1. The lowest BCUT2D eigenvalue weighted by Gasteiger charge is -2.44. The summed E-state index contributed by atoms with van der Waals surface area (Å²) >= 11 is 0. The molecular formula is C15H29N3O3. The molecule has 0 radical (unpaired) electrons. The Labute approximate surface area is 127 Å². The van der Waals surface area contributed by atoms with Crippen LogP contribution in [0.25, 0.3) is 0 Å². The van der Waals surface area contributed by atoms with Crippen molar-refractivity contribution in [2.45, 2.75) is 65.0 Å². The summed E-state index contributed by atoms with van der Waals surface area (Å²) in [5.41, 5.74) is 2.09. The van der Waals surface area contributed by atoms with E-state index in [1.807, 2.05) is 0 Å². The molecule has 0 aliphatic carbocycles. The number of aliphatic hydroxyl groups excluding tert-OH is 2. The lowest BCUT2D eigenvalue weighted by molar-refractivity contribution is -0.134. The van der Waals surface area contributed by atoms with Crippen LogP contribution in [0.2, 0.25) is 0 Å². The molecule has 0 aromatic carbocycles. The highest BCUT2D eigenvalue weighted by molar-refractivity contribution is 5.90. The van der Waals surface area contributed by atoms with Gasteiger partial charge in [0.2, 0.25) is 0 Å². The van der Waals surface area contributed by atoms with Crippen LogP contribution < -0.4 is 10.7 Å². The first kappa shape index (κ1) is 18.1. The quantitative estimate of drug-likeness (QED) is 0.564. The Morgan fingerprint density at radius 3 is 2.38 bits per heavy atom. The van der Waals surface area contributed by atoms with E-state index in [-0.39, 0.29) is 11.1 Å². The maximum atomic E-state index is 12.0. The second-order valence-corrected chi connectivity index (χ2v) is 7.27. The van der Waals surface area contributed by atoms with Crippen molar-refractivity contribution in [2.75, 3.05) is 13.2 Å². The van der Waals surface area contributed by atoms with E-state index in [1.165, 1.54) is 6.92 Å². The summed E-state index contributed by atoms with van der Waals surface area (Å²) in [5, 5.41) is 26.3. The maximum absolute atomic E-state index is 12.0. The monoisotopic (exact) mass is 299 g/mol. The van der Waals surface area contributed by atoms with Gasteiger partial charge in [-0.1, -0.05) is 6.92 Å². The van der Waals surface area contributed by atoms with Crippen molar-refractivity contribution in [1.29, 1.82) is 0 Å². The van der Waals surface area contributed by atoms with Gasteiger partial charge >= 0.3 is 0 Å². The lowest BCUT2D eigenvalue weighted by atomic mass is 9.79. The normalized spacial score (nSPS) is 27.7. The lowest BCUT2D eigenvalue weighted by Crippen LogP contribution is -2.59. The number of nitrogens with zero attached hydrogens (tertiary/aromatic N) is 1. The van der Waals surface area contributed by atoms with E-state index in [0.717, 1.165) is 25.0 Å². The Bertz CT molecular complexity index is 416. The number of aliphatic hydroxyl groups is 2. The second kappa shape index (κ2) is 6.42. The van der Waals surface area contributed by atoms with Gasteiger partial charge in [-0.3, -0.25) is 4.79 Å². The zero-order chi connectivity index (χ0) is 16.3. The zero-order valence-corrected chi connectivity index (χ0v) is 13.8. The van der Waals surface area contributed by atoms with E-state index < -0.39 is 24.5 Å². The SMILES string of the molecule is CC[C@]1(C)C/C(=N\NC(=O)C(C)(CO)CO)CC(C)(C)N1. The summed E-state index contributed by atoms with van der Waals surface area (Å²) in [4.78, 5) is 12.0. The molecular weight excluding hydrogens is 270 g/mol. The molecule has 1 heterocycles. The number of hydrazone groups is 1. The molecule has 122 valence electrons. The minimum atomic E-state index is -1.21. The molecule has 0 bridgehead atoms. The van der Waals surface area contributed by atoms with Crippen LogP contribution in [0.3, 0.4) is 0 Å². The molecule has 0 aromatic heterocycles. The summed E-state index contributed by atoms with van der Waals surface area (Å²) in [6, 6.07) is 0. The van der Waals surface area contributed by atoms with Gasteiger partial charge in [0.1, 0.15) is 0 Å². The number of hydrogen-bond acceptors (Lipinski definition) is 5. The van der Waals surface area contributed by atoms with E-state index >= 15 is 0 Å². The molecule has 0 saturated carbocycles. The van der Waals surface area contributed by atoms with Gasteiger partial charge in [-0.15, -0.1) is 0 Å². The van der Waals surface area contributed by atoms with E-state index in [0.29, 0.717) is 0 Å². The Morgan fingerprint density at radius 1 is 1.33 bits per heavy atom. The van der Waals surface area contributed by atoms with Gasteiger partial charge in [0.25, 0.3) is 5.91 Å². The fraction of sp³-hybridized carbons (Fsp3) is 0.867. The van der Waals surface area contributed by atoms with Crippen LogP contribution in [0.15, 0.2) is 5.10 Å². The highest BCUT2D eigenvalue weighted by atomic mass is 16.3. The zero-order valence-electron chi connectivity index (χ0n) is 13.8. The van der Waals surface area contributed by atoms with Crippen LogP contribution in [-0.4, -0.2) is 46.1 Å². The van der Waals surface area contributed by atoms with Crippen LogP contribution in [0.1, 0.15) is 53.9 Å². The number of nitrogens with one attached hydrogen (secondary N) is 2. The molecule has 1 fully saturated rings. The predicted octanol–water partition coefficient (Wildman–Crippen LogP) is 0.780. The summed E-state index contributed by atoms with van der Waals surface area (Å²) in [6.07, 6.45) is 2.48. The summed E-state index contributed by atoms with van der Waals surface area (Å²) in [6.45, 7) is 9.17. The van der Waals surface area contributed by atoms with Crippen molar-refractivity contribution >= 4 is 11.6 Å². The largest absolute Gasteiger partial charge is 0.395 e. The Balaban J connectivity index is 2.83. The first-order valence-electron chi connectivity index (χ1n) is 7.47. The third-order valence-corrected chi connectivity index (χ3v) is 4.22. The number of rotatable bonds is 5. The number of hydrogen-bond donors (Lipinski definition) is 4. The minimum Gasteiger partial charge on any atom is -0.395 e. The van der Waals surface area contributed by atoms with Crippen LogP contribution in [0.5, 0.6) is 0 Å². The van der Waals surface area contributed by atoms with Gasteiger partial charge in [-0.05, 0) is 34.1 Å². The molecule has 6 nitrogen and oxygen atoms in total. The van der Waals surface area contributed by atoms with E-state index in [2.05, 4.69) is 43.5 Å². The van der Waals surface area contributed by atoms with Gasteiger partial charge in [-0.2, -0.15) is 5.10 Å². The Hall–Kier alpha value is -0.980. The topological polar surface area (TPSA) is 94.0 Å². The van der Waals surface area contributed by atoms with Crippen molar-refractivity contribution in [1.82, 2.24) is 10.7 Å². The number of amides is 1. The van der Waals surface area contributed by atoms with Gasteiger partial charge in [0.05, 0.1) is 18.6 Å². The number of carbonyl (C=O) groups excluding carboxylic acids is 1. The van der Waals surface area contributed by atoms with E-state index in [4.69, 9.17) is 0 Å². The third kappa shape index (κ3) is 4.49. The van der Waals surface area contributed by atoms with Crippen molar-refractivity contribution in [3.63, 3.8) is 0 Å². The summed E-state index contributed by atoms with van der Waals surface area (Å²) in [7, 11) is 0. The molecule has 0 spiro atoms. The molecule has 1 aliphatic rings.